The van der Waals surface area contributed by atoms with Crippen molar-refractivity contribution >= 4 is 11.3 Å². The molecule has 1 aliphatic heterocycles. The Bertz CT molecular complexity index is 326. The van der Waals surface area contributed by atoms with E-state index >= 15 is 0 Å². The molecule has 1 aromatic rings. The first-order valence-corrected chi connectivity index (χ1v) is 6.94. The van der Waals surface area contributed by atoms with Gasteiger partial charge in [0.15, 0.2) is 0 Å². The maximum Gasteiger partial charge on any atom is 0.0597 e. The summed E-state index contributed by atoms with van der Waals surface area (Å²) in [4.78, 5) is 3.98. The second-order valence-electron chi connectivity index (χ2n) is 5.63. The van der Waals surface area contributed by atoms with E-state index < -0.39 is 0 Å². The van der Waals surface area contributed by atoms with Crippen molar-refractivity contribution in [3.05, 3.63) is 22.4 Å². The van der Waals surface area contributed by atoms with E-state index in [9.17, 15) is 0 Å². The molecule has 16 heavy (non-hydrogen) atoms. The van der Waals surface area contributed by atoms with Crippen LogP contribution in [-0.4, -0.2) is 23.0 Å². The summed E-state index contributed by atoms with van der Waals surface area (Å²) in [6, 6.07) is 5.04. The van der Waals surface area contributed by atoms with Crippen molar-refractivity contribution in [1.29, 1.82) is 0 Å². The summed E-state index contributed by atoms with van der Waals surface area (Å²) in [6.07, 6.45) is 2.37. The highest BCUT2D eigenvalue weighted by molar-refractivity contribution is 7.10. The molecule has 2 rings (SSSR count). The number of thiophene rings is 1. The molecular weight excluding hydrogens is 216 g/mol. The molecule has 0 aliphatic carbocycles. The van der Waals surface area contributed by atoms with E-state index in [1.165, 1.54) is 17.8 Å². The second-order valence-corrected chi connectivity index (χ2v) is 6.61. The van der Waals surface area contributed by atoms with Gasteiger partial charge >= 0.3 is 0 Å². The molecule has 1 aliphatic rings. The SMILES string of the molecule is CC(C)(C)N1CCCC(N)C1c1cccs1. The third-order valence-corrected chi connectivity index (χ3v) is 4.32. The lowest BCUT2D eigenvalue weighted by molar-refractivity contribution is 0.0402. The highest BCUT2D eigenvalue weighted by atomic mass is 32.1. The van der Waals surface area contributed by atoms with Crippen molar-refractivity contribution in [3.8, 4) is 0 Å². The maximum atomic E-state index is 6.32. The molecule has 0 amide bonds. The first-order chi connectivity index (χ1) is 7.50. The molecule has 0 spiro atoms. The normalized spacial score (nSPS) is 28.2. The summed E-state index contributed by atoms with van der Waals surface area (Å²) < 4.78 is 0. The number of nitrogens with two attached hydrogens (primary N) is 1. The minimum Gasteiger partial charge on any atom is -0.326 e. The van der Waals surface area contributed by atoms with Gasteiger partial charge in [-0.1, -0.05) is 6.07 Å². The predicted molar refractivity (Wildman–Crippen MR) is 70.7 cm³/mol. The Balaban J connectivity index is 2.28. The molecular formula is C13H22N2S. The summed E-state index contributed by atoms with van der Waals surface area (Å²) >= 11 is 1.83. The summed E-state index contributed by atoms with van der Waals surface area (Å²) in [6.45, 7) is 8.02. The van der Waals surface area contributed by atoms with Crippen LogP contribution in [0.15, 0.2) is 17.5 Å². The molecule has 0 radical (unpaired) electrons. The van der Waals surface area contributed by atoms with E-state index in [1.54, 1.807) is 0 Å². The van der Waals surface area contributed by atoms with Gasteiger partial charge in [0.2, 0.25) is 0 Å². The highest BCUT2D eigenvalue weighted by Crippen LogP contribution is 2.37. The van der Waals surface area contributed by atoms with Crippen LogP contribution in [0.5, 0.6) is 0 Å². The Kier molecular flexibility index (Phi) is 3.38. The average molecular weight is 238 g/mol. The fraction of sp³-hybridized carbons (Fsp3) is 0.692. The smallest absolute Gasteiger partial charge is 0.0597 e. The largest absolute Gasteiger partial charge is 0.326 e. The van der Waals surface area contributed by atoms with Gasteiger partial charge in [-0.25, -0.2) is 0 Å². The second kappa shape index (κ2) is 4.47. The summed E-state index contributed by atoms with van der Waals surface area (Å²) in [7, 11) is 0. The Morgan fingerprint density at radius 3 is 2.75 bits per heavy atom. The number of likely N-dealkylation sites (tertiary alicyclic amines) is 1. The van der Waals surface area contributed by atoms with Crippen LogP contribution >= 0.6 is 11.3 Å². The van der Waals surface area contributed by atoms with Gasteiger partial charge in [0.25, 0.3) is 0 Å². The van der Waals surface area contributed by atoms with Crippen LogP contribution in [0.25, 0.3) is 0 Å². The van der Waals surface area contributed by atoms with Gasteiger partial charge in [-0.3, -0.25) is 4.90 Å². The van der Waals surface area contributed by atoms with E-state index in [1.807, 2.05) is 11.3 Å². The van der Waals surface area contributed by atoms with Gasteiger partial charge in [-0.15, -0.1) is 11.3 Å². The van der Waals surface area contributed by atoms with Crippen LogP contribution in [0.1, 0.15) is 44.5 Å². The molecule has 2 nitrogen and oxygen atoms in total. The minimum atomic E-state index is 0.201. The van der Waals surface area contributed by atoms with Crippen molar-refractivity contribution in [1.82, 2.24) is 4.90 Å². The van der Waals surface area contributed by atoms with Gasteiger partial charge < -0.3 is 5.73 Å². The van der Waals surface area contributed by atoms with Gasteiger partial charge in [-0.2, -0.15) is 0 Å². The Morgan fingerprint density at radius 1 is 1.44 bits per heavy atom. The summed E-state index contributed by atoms with van der Waals surface area (Å²) in [5.41, 5.74) is 6.52. The van der Waals surface area contributed by atoms with E-state index in [4.69, 9.17) is 5.73 Å². The lowest BCUT2D eigenvalue weighted by Gasteiger charge is -2.47. The van der Waals surface area contributed by atoms with E-state index in [-0.39, 0.29) is 11.6 Å². The molecule has 2 heterocycles. The number of hydrogen-bond acceptors (Lipinski definition) is 3. The number of rotatable bonds is 1. The fourth-order valence-corrected chi connectivity index (χ4v) is 3.52. The maximum absolute atomic E-state index is 6.32. The van der Waals surface area contributed by atoms with E-state index in [0.29, 0.717) is 6.04 Å². The Hall–Kier alpha value is -0.380. The Morgan fingerprint density at radius 2 is 2.19 bits per heavy atom. The standard InChI is InChI=1S/C13H22N2S/c1-13(2,3)15-8-4-6-10(14)12(15)11-7-5-9-16-11/h5,7,9-10,12H,4,6,8,14H2,1-3H3. The molecule has 3 heteroatoms. The van der Waals surface area contributed by atoms with Gasteiger partial charge in [-0.05, 0) is 51.6 Å². The van der Waals surface area contributed by atoms with Crippen molar-refractivity contribution in [2.45, 2.75) is 51.2 Å². The van der Waals surface area contributed by atoms with Gasteiger partial charge in [0.1, 0.15) is 0 Å². The van der Waals surface area contributed by atoms with Crippen LogP contribution in [0.2, 0.25) is 0 Å². The highest BCUT2D eigenvalue weighted by Gasteiger charge is 2.36. The minimum absolute atomic E-state index is 0.201. The first kappa shape index (κ1) is 12.1. The van der Waals surface area contributed by atoms with Crippen molar-refractivity contribution < 1.29 is 0 Å². The molecule has 0 aromatic carbocycles. The third-order valence-electron chi connectivity index (χ3n) is 3.37. The molecule has 1 saturated heterocycles. The molecule has 2 unspecified atom stereocenters. The van der Waals surface area contributed by atoms with Crippen molar-refractivity contribution in [3.63, 3.8) is 0 Å². The predicted octanol–water partition coefficient (Wildman–Crippen LogP) is 3.01. The zero-order valence-electron chi connectivity index (χ0n) is 10.4. The zero-order valence-corrected chi connectivity index (χ0v) is 11.3. The zero-order chi connectivity index (χ0) is 11.8. The molecule has 90 valence electrons. The van der Waals surface area contributed by atoms with E-state index in [2.05, 4.69) is 43.2 Å². The topological polar surface area (TPSA) is 29.3 Å². The molecule has 1 aromatic heterocycles. The fourth-order valence-electron chi connectivity index (χ4n) is 2.60. The van der Waals surface area contributed by atoms with Crippen LogP contribution in [-0.2, 0) is 0 Å². The molecule has 0 bridgehead atoms. The van der Waals surface area contributed by atoms with Crippen molar-refractivity contribution in [2.75, 3.05) is 6.54 Å². The number of piperidine rings is 1. The molecule has 2 atom stereocenters. The summed E-state index contributed by atoms with van der Waals surface area (Å²) in [5.74, 6) is 0. The average Bonchev–Trinajstić information content (AvgIpc) is 2.68. The van der Waals surface area contributed by atoms with Crippen LogP contribution in [0.3, 0.4) is 0 Å². The van der Waals surface area contributed by atoms with E-state index in [0.717, 1.165) is 6.42 Å². The Labute approximate surface area is 102 Å². The number of hydrogen-bond donors (Lipinski definition) is 1. The monoisotopic (exact) mass is 238 g/mol. The van der Waals surface area contributed by atoms with Crippen LogP contribution in [0.4, 0.5) is 0 Å². The molecule has 1 fully saturated rings. The lowest BCUT2D eigenvalue weighted by Crippen LogP contribution is -2.53. The van der Waals surface area contributed by atoms with Crippen LogP contribution < -0.4 is 5.73 Å². The molecule has 0 saturated carbocycles. The first-order valence-electron chi connectivity index (χ1n) is 6.06. The van der Waals surface area contributed by atoms with Crippen LogP contribution in [0, 0.1) is 0 Å². The van der Waals surface area contributed by atoms with Gasteiger partial charge in [0, 0.05) is 16.5 Å². The molecule has 2 N–H and O–H groups in total. The summed E-state index contributed by atoms with van der Waals surface area (Å²) in [5, 5.41) is 2.15. The number of nitrogens with zero attached hydrogens (tertiary/aromatic N) is 1. The lowest BCUT2D eigenvalue weighted by atomic mass is 9.90. The quantitative estimate of drug-likeness (QED) is 0.815. The van der Waals surface area contributed by atoms with Gasteiger partial charge in [0.05, 0.1) is 6.04 Å². The third kappa shape index (κ3) is 2.31. The van der Waals surface area contributed by atoms with Crippen molar-refractivity contribution in [2.24, 2.45) is 5.73 Å².